The van der Waals surface area contributed by atoms with E-state index in [4.69, 9.17) is 11.6 Å². The summed E-state index contributed by atoms with van der Waals surface area (Å²) in [6.45, 7) is 4.34. The maximum absolute atomic E-state index is 5.95. The van der Waals surface area contributed by atoms with Crippen LogP contribution in [0.15, 0.2) is 34.5 Å². The van der Waals surface area contributed by atoms with Gasteiger partial charge in [-0.05, 0) is 24.1 Å². The molecule has 1 aromatic heterocycles. The Balaban J connectivity index is 1.97. The molecule has 0 aliphatic heterocycles. The Kier molecular flexibility index (Phi) is 4.48. The zero-order valence-corrected chi connectivity index (χ0v) is 12.2. The van der Waals surface area contributed by atoms with E-state index in [1.807, 2.05) is 18.2 Å². The molecule has 1 aromatic carbocycles. The molecule has 0 bridgehead atoms. The van der Waals surface area contributed by atoms with Crippen LogP contribution in [0.5, 0.6) is 0 Å². The third-order valence-electron chi connectivity index (χ3n) is 2.32. The molecular weight excluding hydrogens is 270 g/mol. The average molecular weight is 284 g/mol. The largest absolute Gasteiger partial charge is 0.245 e. The highest BCUT2D eigenvalue weighted by atomic mass is 35.5. The van der Waals surface area contributed by atoms with Crippen LogP contribution in [0.2, 0.25) is 5.02 Å². The number of rotatable bonds is 4. The molecule has 2 rings (SSSR count). The van der Waals surface area contributed by atoms with Crippen LogP contribution in [-0.4, -0.2) is 4.98 Å². The quantitative estimate of drug-likeness (QED) is 0.714. The maximum atomic E-state index is 5.95. The molecule has 90 valence electrons. The number of thioether (sulfide) groups is 1. The highest BCUT2D eigenvalue weighted by molar-refractivity contribution is 7.98. The van der Waals surface area contributed by atoms with E-state index in [1.54, 1.807) is 23.1 Å². The first-order valence-corrected chi connectivity index (χ1v) is 7.72. The maximum Gasteiger partial charge on any atom is 0.103 e. The summed E-state index contributed by atoms with van der Waals surface area (Å²) in [5.74, 6) is 1.42. The van der Waals surface area contributed by atoms with Crippen molar-refractivity contribution < 1.29 is 0 Å². The Labute approximate surface area is 115 Å². The molecule has 0 fully saturated rings. The molecule has 4 heteroatoms. The van der Waals surface area contributed by atoms with Gasteiger partial charge in [0.25, 0.3) is 0 Å². The van der Waals surface area contributed by atoms with Gasteiger partial charge in [-0.1, -0.05) is 31.5 Å². The number of benzene rings is 1. The molecule has 0 saturated carbocycles. The lowest BCUT2D eigenvalue weighted by atomic mass is 10.2. The van der Waals surface area contributed by atoms with Crippen molar-refractivity contribution in [3.63, 3.8) is 0 Å². The van der Waals surface area contributed by atoms with E-state index < -0.39 is 0 Å². The van der Waals surface area contributed by atoms with Crippen molar-refractivity contribution in [1.82, 2.24) is 4.98 Å². The van der Waals surface area contributed by atoms with Crippen LogP contribution in [-0.2, 0) is 5.75 Å². The summed E-state index contributed by atoms with van der Waals surface area (Å²) < 4.78 is 0. The van der Waals surface area contributed by atoms with Gasteiger partial charge in [0.15, 0.2) is 0 Å². The van der Waals surface area contributed by atoms with Crippen LogP contribution in [0.25, 0.3) is 0 Å². The normalized spacial score (nSPS) is 11.1. The van der Waals surface area contributed by atoms with Gasteiger partial charge in [0, 0.05) is 15.3 Å². The van der Waals surface area contributed by atoms with Crippen molar-refractivity contribution in [3.8, 4) is 0 Å². The van der Waals surface area contributed by atoms with E-state index in [1.165, 1.54) is 15.6 Å². The van der Waals surface area contributed by atoms with Crippen LogP contribution in [0.4, 0.5) is 0 Å². The first kappa shape index (κ1) is 12.9. The minimum absolute atomic E-state index is 0.510. The second-order valence-electron chi connectivity index (χ2n) is 4.07. The van der Waals surface area contributed by atoms with Crippen LogP contribution < -0.4 is 0 Å². The number of hydrogen-bond donors (Lipinski definition) is 0. The second kappa shape index (κ2) is 5.89. The minimum atomic E-state index is 0.510. The van der Waals surface area contributed by atoms with E-state index in [-0.39, 0.29) is 0 Å². The summed E-state index contributed by atoms with van der Waals surface area (Å²) in [5, 5.41) is 4.12. The Morgan fingerprint density at radius 3 is 2.88 bits per heavy atom. The molecular formula is C13H14ClNS2. The van der Waals surface area contributed by atoms with Crippen molar-refractivity contribution >= 4 is 34.7 Å². The summed E-state index contributed by atoms with van der Waals surface area (Å²) in [6, 6.07) is 7.94. The first-order chi connectivity index (χ1) is 8.15. The minimum Gasteiger partial charge on any atom is -0.245 e. The summed E-state index contributed by atoms with van der Waals surface area (Å²) in [5.41, 5.74) is 1.19. The summed E-state index contributed by atoms with van der Waals surface area (Å²) in [7, 11) is 0. The van der Waals surface area contributed by atoms with Gasteiger partial charge in [-0.2, -0.15) is 0 Å². The van der Waals surface area contributed by atoms with Crippen LogP contribution in [0.1, 0.15) is 30.5 Å². The standard InChI is InChI=1S/C13H14ClNS2/c1-9(2)12-7-17-13(15-12)8-16-11-5-3-4-10(14)6-11/h3-7,9H,8H2,1-2H3. The van der Waals surface area contributed by atoms with E-state index in [2.05, 4.69) is 30.3 Å². The molecule has 0 saturated heterocycles. The van der Waals surface area contributed by atoms with Crippen LogP contribution in [0, 0.1) is 0 Å². The molecule has 0 aliphatic rings. The van der Waals surface area contributed by atoms with E-state index >= 15 is 0 Å². The molecule has 17 heavy (non-hydrogen) atoms. The second-order valence-corrected chi connectivity index (χ2v) is 6.49. The Hall–Kier alpha value is -0.510. The Bertz CT molecular complexity index is 494. The highest BCUT2D eigenvalue weighted by Gasteiger charge is 2.06. The van der Waals surface area contributed by atoms with Crippen molar-refractivity contribution in [3.05, 3.63) is 45.4 Å². The third kappa shape index (κ3) is 3.73. The zero-order valence-electron chi connectivity index (χ0n) is 9.81. The molecule has 0 aliphatic carbocycles. The topological polar surface area (TPSA) is 12.9 Å². The number of hydrogen-bond acceptors (Lipinski definition) is 3. The zero-order chi connectivity index (χ0) is 12.3. The highest BCUT2D eigenvalue weighted by Crippen LogP contribution is 2.27. The van der Waals surface area contributed by atoms with Gasteiger partial charge < -0.3 is 0 Å². The van der Waals surface area contributed by atoms with E-state index in [9.17, 15) is 0 Å². The molecule has 1 heterocycles. The lowest BCUT2D eigenvalue weighted by molar-refractivity contribution is 0.828. The van der Waals surface area contributed by atoms with Gasteiger partial charge in [0.2, 0.25) is 0 Å². The van der Waals surface area contributed by atoms with Crippen molar-refractivity contribution in [1.29, 1.82) is 0 Å². The molecule has 0 radical (unpaired) electrons. The fourth-order valence-corrected chi connectivity index (χ4v) is 3.54. The lowest BCUT2D eigenvalue weighted by Crippen LogP contribution is -1.87. The monoisotopic (exact) mass is 283 g/mol. The first-order valence-electron chi connectivity index (χ1n) is 5.48. The van der Waals surface area contributed by atoms with Gasteiger partial charge >= 0.3 is 0 Å². The molecule has 0 N–H and O–H groups in total. The number of halogens is 1. The van der Waals surface area contributed by atoms with Gasteiger partial charge in [-0.25, -0.2) is 4.98 Å². The molecule has 1 nitrogen and oxygen atoms in total. The van der Waals surface area contributed by atoms with Gasteiger partial charge in [0.1, 0.15) is 5.01 Å². The Morgan fingerprint density at radius 1 is 1.41 bits per heavy atom. The van der Waals surface area contributed by atoms with Crippen molar-refractivity contribution in [2.24, 2.45) is 0 Å². The molecule has 0 amide bonds. The smallest absolute Gasteiger partial charge is 0.103 e. The average Bonchev–Trinajstić information content (AvgIpc) is 2.75. The van der Waals surface area contributed by atoms with Gasteiger partial charge in [-0.3, -0.25) is 0 Å². The molecule has 0 unspecified atom stereocenters. The lowest BCUT2D eigenvalue weighted by Gasteiger charge is -2.00. The fourth-order valence-electron chi connectivity index (χ4n) is 1.36. The predicted octanol–water partition coefficient (Wildman–Crippen LogP) is 5.21. The van der Waals surface area contributed by atoms with Gasteiger partial charge in [0.05, 0.1) is 11.4 Å². The van der Waals surface area contributed by atoms with Crippen LogP contribution >= 0.6 is 34.7 Å². The predicted molar refractivity (Wildman–Crippen MR) is 77.2 cm³/mol. The molecule has 0 spiro atoms. The number of aromatic nitrogens is 1. The van der Waals surface area contributed by atoms with Gasteiger partial charge in [-0.15, -0.1) is 23.1 Å². The molecule has 2 aromatic rings. The number of nitrogens with zero attached hydrogens (tertiary/aromatic N) is 1. The Morgan fingerprint density at radius 2 is 2.24 bits per heavy atom. The third-order valence-corrected chi connectivity index (χ3v) is 4.61. The fraction of sp³-hybridized carbons (Fsp3) is 0.308. The van der Waals surface area contributed by atoms with Crippen molar-refractivity contribution in [2.45, 2.75) is 30.4 Å². The van der Waals surface area contributed by atoms with Crippen LogP contribution in [0.3, 0.4) is 0 Å². The summed E-state index contributed by atoms with van der Waals surface area (Å²) >= 11 is 9.46. The number of thiazole rings is 1. The summed E-state index contributed by atoms with van der Waals surface area (Å²) in [4.78, 5) is 5.81. The SMILES string of the molecule is CC(C)c1csc(CSc2cccc(Cl)c2)n1. The van der Waals surface area contributed by atoms with E-state index in [0.717, 1.165) is 10.8 Å². The van der Waals surface area contributed by atoms with E-state index in [0.29, 0.717) is 5.92 Å². The summed E-state index contributed by atoms with van der Waals surface area (Å²) in [6.07, 6.45) is 0. The molecule has 0 atom stereocenters. The van der Waals surface area contributed by atoms with Crippen molar-refractivity contribution in [2.75, 3.05) is 0 Å².